The van der Waals surface area contributed by atoms with Crippen LogP contribution in [0.15, 0.2) is 17.0 Å². The lowest BCUT2D eigenvalue weighted by Crippen LogP contribution is -2.35. The van der Waals surface area contributed by atoms with Crippen molar-refractivity contribution in [2.45, 2.75) is 30.0 Å². The van der Waals surface area contributed by atoms with E-state index in [1.54, 1.807) is 0 Å². The van der Waals surface area contributed by atoms with Gasteiger partial charge in [-0.15, -0.1) is 11.6 Å². The second kappa shape index (κ2) is 6.19. The third-order valence-corrected chi connectivity index (χ3v) is 6.32. The summed E-state index contributed by atoms with van der Waals surface area (Å²) in [6.45, 7) is 1.08. The lowest BCUT2D eigenvalue weighted by Gasteiger charge is -2.26. The Morgan fingerprint density at radius 1 is 1.11 bits per heavy atom. The number of hydrogen-bond acceptors (Lipinski definition) is 2. The molecule has 0 atom stereocenters. The maximum Gasteiger partial charge on any atom is 0.244 e. The summed E-state index contributed by atoms with van der Waals surface area (Å²) >= 11 is 17.9. The van der Waals surface area contributed by atoms with Gasteiger partial charge in [-0.05, 0) is 25.0 Å². The maximum atomic E-state index is 12.5. The molecule has 1 aliphatic rings. The topological polar surface area (TPSA) is 37.4 Å². The van der Waals surface area contributed by atoms with Gasteiger partial charge in [0.2, 0.25) is 10.0 Å². The van der Waals surface area contributed by atoms with Gasteiger partial charge in [0.25, 0.3) is 0 Å². The Morgan fingerprint density at radius 3 is 2.32 bits per heavy atom. The van der Waals surface area contributed by atoms with Gasteiger partial charge >= 0.3 is 0 Å². The molecule has 0 spiro atoms. The minimum atomic E-state index is -3.56. The van der Waals surface area contributed by atoms with E-state index in [0.717, 1.165) is 19.3 Å². The van der Waals surface area contributed by atoms with E-state index < -0.39 is 10.0 Å². The first-order chi connectivity index (χ1) is 8.98. The third-order valence-electron chi connectivity index (χ3n) is 3.22. The van der Waals surface area contributed by atoms with E-state index in [4.69, 9.17) is 34.8 Å². The fourth-order valence-corrected chi connectivity index (χ4v) is 4.96. The first kappa shape index (κ1) is 15.4. The number of alkyl halides is 1. The predicted octanol–water partition coefficient (Wildman–Crippen LogP) is 3.91. The molecule has 1 aromatic carbocycles. The summed E-state index contributed by atoms with van der Waals surface area (Å²) in [6, 6.07) is 2.98. The molecular formula is C12H14Cl3NO2S. The normalized spacial score (nSPS) is 17.6. The van der Waals surface area contributed by atoms with E-state index in [0.29, 0.717) is 23.7 Å². The number of benzene rings is 1. The monoisotopic (exact) mass is 341 g/mol. The highest BCUT2D eigenvalue weighted by molar-refractivity contribution is 7.89. The lowest BCUT2D eigenvalue weighted by atomic mass is 10.2. The van der Waals surface area contributed by atoms with Crippen molar-refractivity contribution in [3.63, 3.8) is 0 Å². The molecule has 1 aromatic rings. The Balaban J connectivity index is 2.46. The molecule has 0 aliphatic carbocycles. The van der Waals surface area contributed by atoms with Crippen LogP contribution in [-0.2, 0) is 15.9 Å². The van der Waals surface area contributed by atoms with Crippen LogP contribution in [-0.4, -0.2) is 25.8 Å². The molecule has 1 saturated heterocycles. The Kier molecular flexibility index (Phi) is 5.01. The molecule has 0 saturated carbocycles. The summed E-state index contributed by atoms with van der Waals surface area (Å²) in [6.07, 6.45) is 2.83. The van der Waals surface area contributed by atoms with Crippen LogP contribution in [0.3, 0.4) is 0 Å². The van der Waals surface area contributed by atoms with E-state index in [1.165, 1.54) is 16.4 Å². The van der Waals surface area contributed by atoms with Gasteiger partial charge in [-0.25, -0.2) is 8.42 Å². The summed E-state index contributed by atoms with van der Waals surface area (Å²) < 4.78 is 26.6. The maximum absolute atomic E-state index is 12.5. The summed E-state index contributed by atoms with van der Waals surface area (Å²) in [5.74, 6) is 0.0844. The van der Waals surface area contributed by atoms with Gasteiger partial charge in [0, 0.05) is 23.7 Å². The van der Waals surface area contributed by atoms with E-state index >= 15 is 0 Å². The van der Waals surface area contributed by atoms with Gasteiger partial charge in [0.05, 0.1) is 10.9 Å². The van der Waals surface area contributed by atoms with Gasteiger partial charge in [0.1, 0.15) is 4.90 Å². The molecule has 0 bridgehead atoms. The van der Waals surface area contributed by atoms with Crippen LogP contribution < -0.4 is 0 Å². The zero-order valence-corrected chi connectivity index (χ0v) is 13.3. The standard InChI is InChI=1S/C12H14Cl3NO2S/c13-8-9-10(14)4-5-11(12(9)15)19(17,18)16-6-2-1-3-7-16/h4-5H,1-3,6-8H2. The molecule has 19 heavy (non-hydrogen) atoms. The molecule has 2 rings (SSSR count). The summed E-state index contributed by atoms with van der Waals surface area (Å²) in [4.78, 5) is 0.0936. The molecule has 1 aliphatic heterocycles. The Morgan fingerprint density at radius 2 is 1.74 bits per heavy atom. The average molecular weight is 343 g/mol. The molecule has 0 N–H and O–H groups in total. The van der Waals surface area contributed by atoms with Crippen molar-refractivity contribution in [1.29, 1.82) is 0 Å². The molecule has 0 amide bonds. The van der Waals surface area contributed by atoms with E-state index in [-0.39, 0.29) is 15.8 Å². The molecule has 3 nitrogen and oxygen atoms in total. The number of piperidine rings is 1. The molecule has 106 valence electrons. The summed E-state index contributed by atoms with van der Waals surface area (Å²) in [5, 5.41) is 0.519. The minimum absolute atomic E-state index is 0.0844. The van der Waals surface area contributed by atoms with E-state index in [1.807, 2.05) is 0 Å². The highest BCUT2D eigenvalue weighted by Gasteiger charge is 2.29. The summed E-state index contributed by atoms with van der Waals surface area (Å²) in [7, 11) is -3.56. The highest BCUT2D eigenvalue weighted by atomic mass is 35.5. The Hall–Kier alpha value is -0.000000000000000132. The SMILES string of the molecule is O=S(=O)(c1ccc(Cl)c(CCl)c1Cl)N1CCCCC1. The van der Waals surface area contributed by atoms with Crippen LogP contribution in [0.25, 0.3) is 0 Å². The second-order valence-electron chi connectivity index (χ2n) is 4.44. The molecule has 1 fully saturated rings. The van der Waals surface area contributed by atoms with Gasteiger partial charge in [-0.3, -0.25) is 0 Å². The largest absolute Gasteiger partial charge is 0.244 e. The molecule has 1 heterocycles. The Bertz CT molecular complexity index is 569. The summed E-state index contributed by atoms with van der Waals surface area (Å²) in [5.41, 5.74) is 0.461. The molecule has 0 radical (unpaired) electrons. The molecule has 7 heteroatoms. The number of hydrogen-bond donors (Lipinski definition) is 0. The van der Waals surface area contributed by atoms with Crippen LogP contribution in [0.5, 0.6) is 0 Å². The van der Waals surface area contributed by atoms with Crippen LogP contribution in [0.2, 0.25) is 10.0 Å². The lowest BCUT2D eigenvalue weighted by molar-refractivity contribution is 0.346. The smallest absolute Gasteiger partial charge is 0.207 e. The zero-order chi connectivity index (χ0) is 14.0. The number of sulfonamides is 1. The van der Waals surface area contributed by atoms with Crippen LogP contribution >= 0.6 is 34.8 Å². The van der Waals surface area contributed by atoms with E-state index in [2.05, 4.69) is 0 Å². The first-order valence-corrected chi connectivity index (χ1v) is 8.74. The fourth-order valence-electron chi connectivity index (χ4n) is 2.14. The van der Waals surface area contributed by atoms with Crippen molar-refractivity contribution in [2.24, 2.45) is 0 Å². The number of nitrogens with zero attached hydrogens (tertiary/aromatic N) is 1. The van der Waals surface area contributed by atoms with Gasteiger partial charge in [-0.1, -0.05) is 29.6 Å². The van der Waals surface area contributed by atoms with Crippen LogP contribution in [0, 0.1) is 0 Å². The predicted molar refractivity (Wildman–Crippen MR) is 78.6 cm³/mol. The number of halogens is 3. The number of rotatable bonds is 3. The van der Waals surface area contributed by atoms with Gasteiger partial charge in [0.15, 0.2) is 0 Å². The third kappa shape index (κ3) is 3.03. The van der Waals surface area contributed by atoms with Gasteiger partial charge in [-0.2, -0.15) is 4.31 Å². The van der Waals surface area contributed by atoms with Crippen molar-refractivity contribution in [3.8, 4) is 0 Å². The quantitative estimate of drug-likeness (QED) is 0.781. The molecule has 0 unspecified atom stereocenters. The van der Waals surface area contributed by atoms with Crippen LogP contribution in [0.1, 0.15) is 24.8 Å². The van der Waals surface area contributed by atoms with Gasteiger partial charge < -0.3 is 0 Å². The Labute approximate surface area is 128 Å². The van der Waals surface area contributed by atoms with Crippen LogP contribution in [0.4, 0.5) is 0 Å². The second-order valence-corrected chi connectivity index (χ2v) is 7.40. The van der Waals surface area contributed by atoms with Crippen molar-refractivity contribution in [2.75, 3.05) is 13.1 Å². The average Bonchev–Trinajstić information content (AvgIpc) is 2.40. The van der Waals surface area contributed by atoms with Crippen molar-refractivity contribution in [3.05, 3.63) is 27.7 Å². The highest BCUT2D eigenvalue weighted by Crippen LogP contribution is 2.34. The van der Waals surface area contributed by atoms with Crippen molar-refractivity contribution in [1.82, 2.24) is 4.31 Å². The van der Waals surface area contributed by atoms with Crippen molar-refractivity contribution < 1.29 is 8.42 Å². The van der Waals surface area contributed by atoms with E-state index in [9.17, 15) is 8.42 Å². The minimum Gasteiger partial charge on any atom is -0.207 e. The molecular weight excluding hydrogens is 329 g/mol. The fraction of sp³-hybridized carbons (Fsp3) is 0.500. The molecule has 0 aromatic heterocycles. The zero-order valence-electron chi connectivity index (χ0n) is 10.2. The first-order valence-electron chi connectivity index (χ1n) is 6.01. The van der Waals surface area contributed by atoms with Crippen molar-refractivity contribution >= 4 is 44.8 Å².